The number of nitrogens with zero attached hydrogens (tertiary/aromatic N) is 1. The Bertz CT molecular complexity index is 1460. The van der Waals surface area contributed by atoms with Gasteiger partial charge in [-0.15, -0.1) is 11.3 Å². The van der Waals surface area contributed by atoms with Gasteiger partial charge in [0, 0.05) is 27.6 Å². The number of hydrogen-bond donors (Lipinski definition) is 2. The maximum absolute atomic E-state index is 13.0. The number of carbonyl (C=O) groups is 2. The highest BCUT2D eigenvalue weighted by Gasteiger charge is 2.33. The molecular weight excluding hydrogens is 492 g/mol. The second kappa shape index (κ2) is 9.20. The molecule has 1 amide bonds. The number of pyridine rings is 1. The van der Waals surface area contributed by atoms with Gasteiger partial charge in [0.25, 0.3) is 0 Å². The van der Waals surface area contributed by atoms with Crippen molar-refractivity contribution in [3.63, 3.8) is 0 Å². The quantitative estimate of drug-likeness (QED) is 0.429. The van der Waals surface area contributed by atoms with Gasteiger partial charge in [-0.2, -0.15) is 0 Å². The monoisotopic (exact) mass is 524 g/mol. The zero-order valence-electron chi connectivity index (χ0n) is 21.7. The highest BCUT2D eigenvalue weighted by molar-refractivity contribution is 7.15. The van der Waals surface area contributed by atoms with Crippen molar-refractivity contribution in [1.82, 2.24) is 9.88 Å². The summed E-state index contributed by atoms with van der Waals surface area (Å²) in [5, 5.41) is 13.0. The first-order chi connectivity index (χ1) is 17.5. The van der Waals surface area contributed by atoms with Crippen LogP contribution in [0.5, 0.6) is 5.75 Å². The molecule has 0 radical (unpaired) electrons. The third-order valence-electron chi connectivity index (χ3n) is 7.03. The number of amides is 1. The molecule has 2 aliphatic carbocycles. The summed E-state index contributed by atoms with van der Waals surface area (Å²) >= 11 is 1.66. The first kappa shape index (κ1) is 25.3. The van der Waals surface area contributed by atoms with Crippen LogP contribution in [-0.2, 0) is 11.2 Å². The lowest BCUT2D eigenvalue weighted by atomic mass is 9.84. The van der Waals surface area contributed by atoms with E-state index in [0.717, 1.165) is 41.7 Å². The summed E-state index contributed by atoms with van der Waals surface area (Å²) in [4.78, 5) is 39.5. The molecule has 2 atom stereocenters. The minimum absolute atomic E-state index is 0.144. The van der Waals surface area contributed by atoms with Gasteiger partial charge >= 0.3 is 12.1 Å². The molecule has 5 rings (SSSR count). The van der Waals surface area contributed by atoms with Crippen LogP contribution in [0.2, 0.25) is 0 Å². The first-order valence-corrected chi connectivity index (χ1v) is 13.4. The van der Waals surface area contributed by atoms with Crippen LogP contribution in [0.25, 0.3) is 21.3 Å². The third kappa shape index (κ3) is 4.72. The smallest absolute Gasteiger partial charge is 0.408 e. The van der Waals surface area contributed by atoms with Gasteiger partial charge < -0.3 is 24.5 Å². The molecule has 2 heterocycles. The Kier molecular flexibility index (Phi) is 6.30. The van der Waals surface area contributed by atoms with Gasteiger partial charge in [0.05, 0.1) is 24.1 Å². The lowest BCUT2D eigenvalue weighted by Crippen LogP contribution is -2.38. The Hall–Kier alpha value is -3.33. The van der Waals surface area contributed by atoms with E-state index in [-0.39, 0.29) is 23.6 Å². The summed E-state index contributed by atoms with van der Waals surface area (Å²) in [5.41, 5.74) is 1.22. The zero-order valence-corrected chi connectivity index (χ0v) is 22.5. The number of ether oxygens (including phenoxy) is 2. The predicted molar refractivity (Wildman–Crippen MR) is 143 cm³/mol. The van der Waals surface area contributed by atoms with Crippen molar-refractivity contribution in [2.75, 3.05) is 7.11 Å². The van der Waals surface area contributed by atoms with Crippen molar-refractivity contribution in [1.29, 1.82) is 0 Å². The maximum atomic E-state index is 13.0. The number of aryl methyl sites for hydroxylation is 1. The number of carboxylic acid groups (broad SMARTS) is 1. The molecule has 196 valence electrons. The van der Waals surface area contributed by atoms with Crippen molar-refractivity contribution in [2.24, 2.45) is 5.92 Å². The van der Waals surface area contributed by atoms with E-state index in [9.17, 15) is 19.5 Å². The van der Waals surface area contributed by atoms with Crippen LogP contribution < -0.4 is 15.5 Å². The van der Waals surface area contributed by atoms with Crippen LogP contribution in [0.3, 0.4) is 0 Å². The van der Waals surface area contributed by atoms with Gasteiger partial charge in [-0.05, 0) is 76.1 Å². The Morgan fingerprint density at radius 1 is 1.19 bits per heavy atom. The molecule has 2 aliphatic rings. The van der Waals surface area contributed by atoms with Crippen LogP contribution in [0.1, 0.15) is 79.8 Å². The van der Waals surface area contributed by atoms with Crippen molar-refractivity contribution in [3.05, 3.63) is 50.6 Å². The Morgan fingerprint density at radius 2 is 1.92 bits per heavy atom. The van der Waals surface area contributed by atoms with E-state index in [2.05, 4.69) is 18.3 Å². The van der Waals surface area contributed by atoms with Crippen LogP contribution in [0, 0.1) is 5.92 Å². The van der Waals surface area contributed by atoms with Crippen LogP contribution in [0.15, 0.2) is 29.2 Å². The van der Waals surface area contributed by atoms with Gasteiger partial charge in [-0.25, -0.2) is 9.59 Å². The second-order valence-electron chi connectivity index (χ2n) is 11.0. The molecule has 37 heavy (non-hydrogen) atoms. The maximum Gasteiger partial charge on any atom is 0.408 e. The lowest BCUT2D eigenvalue weighted by Gasteiger charge is -2.31. The predicted octanol–water partition coefficient (Wildman–Crippen LogP) is 5.92. The van der Waals surface area contributed by atoms with Crippen molar-refractivity contribution < 1.29 is 24.2 Å². The number of hydrogen-bond acceptors (Lipinski definition) is 6. The number of carboxylic acids is 1. The summed E-state index contributed by atoms with van der Waals surface area (Å²) in [7, 11) is 1.58. The molecule has 3 aromatic rings. The standard InChI is InChI=1S/C28H32N2O6S/c1-14-6-11-20-18(22(14)29-27(34)36-28(2,3)4)12-21(37-20)16-9-10-17-23(25(16)35-5)30(15-7-8-15)13-19(24(17)31)26(32)33/h9-10,12-15,22H,6-8,11H2,1-5H3,(H,29,34)(H,32,33). The van der Waals surface area contributed by atoms with E-state index >= 15 is 0 Å². The molecule has 8 nitrogen and oxygen atoms in total. The summed E-state index contributed by atoms with van der Waals surface area (Å²) in [6.07, 6.45) is 4.73. The number of aromatic nitrogens is 1. The summed E-state index contributed by atoms with van der Waals surface area (Å²) in [6, 6.07) is 5.62. The molecular formula is C28H32N2O6S. The third-order valence-corrected chi connectivity index (χ3v) is 8.28. The molecule has 2 aromatic heterocycles. The largest absolute Gasteiger partial charge is 0.494 e. The fourth-order valence-electron chi connectivity index (χ4n) is 5.13. The molecule has 0 saturated heterocycles. The van der Waals surface area contributed by atoms with Crippen LogP contribution >= 0.6 is 11.3 Å². The summed E-state index contributed by atoms with van der Waals surface area (Å²) in [5.74, 6) is -0.426. The van der Waals surface area contributed by atoms with Gasteiger partial charge in [0.2, 0.25) is 5.43 Å². The van der Waals surface area contributed by atoms with E-state index in [1.54, 1.807) is 24.5 Å². The summed E-state index contributed by atoms with van der Waals surface area (Å²) in [6.45, 7) is 7.67. The number of methoxy groups -OCH3 is 1. The van der Waals surface area contributed by atoms with Gasteiger partial charge in [0.15, 0.2) is 5.75 Å². The number of nitrogens with one attached hydrogen (secondary N) is 1. The van der Waals surface area contributed by atoms with E-state index < -0.39 is 23.1 Å². The first-order valence-electron chi connectivity index (χ1n) is 12.6. The average Bonchev–Trinajstić information content (AvgIpc) is 3.57. The highest BCUT2D eigenvalue weighted by Crippen LogP contribution is 2.47. The Morgan fingerprint density at radius 3 is 2.54 bits per heavy atom. The molecule has 1 aromatic carbocycles. The van der Waals surface area contributed by atoms with E-state index in [1.165, 1.54) is 11.1 Å². The Labute approximate surface area is 219 Å². The van der Waals surface area contributed by atoms with Crippen molar-refractivity contribution in [2.45, 2.75) is 71.1 Å². The number of fused-ring (bicyclic) bond motifs is 2. The number of benzene rings is 1. The average molecular weight is 525 g/mol. The summed E-state index contributed by atoms with van der Waals surface area (Å²) < 4.78 is 13.3. The molecule has 2 unspecified atom stereocenters. The number of rotatable bonds is 5. The van der Waals surface area contributed by atoms with Crippen LogP contribution in [0.4, 0.5) is 4.79 Å². The van der Waals surface area contributed by atoms with Gasteiger partial charge in [-0.1, -0.05) is 6.92 Å². The highest BCUT2D eigenvalue weighted by atomic mass is 32.1. The molecule has 1 saturated carbocycles. The number of carbonyl (C=O) groups excluding carboxylic acids is 1. The van der Waals surface area contributed by atoms with E-state index in [1.807, 2.05) is 31.4 Å². The van der Waals surface area contributed by atoms with Crippen molar-refractivity contribution in [3.8, 4) is 16.2 Å². The number of thiophene rings is 1. The number of aromatic carboxylic acids is 1. The number of alkyl carbamates (subject to hydrolysis) is 1. The fourth-order valence-corrected chi connectivity index (χ4v) is 6.38. The van der Waals surface area contributed by atoms with Gasteiger partial charge in [-0.3, -0.25) is 4.79 Å². The fraction of sp³-hybridized carbons (Fsp3) is 0.464. The lowest BCUT2D eigenvalue weighted by molar-refractivity contribution is 0.0482. The molecule has 9 heteroatoms. The van der Waals surface area contributed by atoms with E-state index in [4.69, 9.17) is 9.47 Å². The SMILES string of the molecule is COc1c(-c2cc3c(s2)CCC(C)C3NC(=O)OC(C)(C)C)ccc2c(=O)c(C(=O)O)cn(C3CC3)c12. The minimum atomic E-state index is -1.23. The minimum Gasteiger partial charge on any atom is -0.494 e. The molecule has 1 fully saturated rings. The molecule has 0 spiro atoms. The van der Waals surface area contributed by atoms with Gasteiger partial charge in [0.1, 0.15) is 11.2 Å². The molecule has 0 aliphatic heterocycles. The topological polar surface area (TPSA) is 107 Å². The van der Waals surface area contributed by atoms with Crippen molar-refractivity contribution >= 4 is 34.3 Å². The second-order valence-corrected chi connectivity index (χ2v) is 12.1. The zero-order chi connectivity index (χ0) is 26.6. The molecule has 0 bridgehead atoms. The van der Waals surface area contributed by atoms with E-state index in [0.29, 0.717) is 16.7 Å². The normalized spacial score (nSPS) is 19.4. The Balaban J connectivity index is 1.61. The van der Waals surface area contributed by atoms with Crippen LogP contribution in [-0.4, -0.2) is 34.4 Å². The molecule has 2 N–H and O–H groups in total.